The van der Waals surface area contributed by atoms with E-state index in [1.54, 1.807) is 11.0 Å². The predicted molar refractivity (Wildman–Crippen MR) is 111 cm³/mol. The molecule has 3 rings (SSSR count). The summed E-state index contributed by atoms with van der Waals surface area (Å²) in [5, 5.41) is 10.9. The molecular formula is C18H27IN6. The number of halogens is 1. The number of guanidine groups is 1. The average molecular weight is 454 g/mol. The van der Waals surface area contributed by atoms with Crippen molar-refractivity contribution in [3.05, 3.63) is 48.0 Å². The van der Waals surface area contributed by atoms with Gasteiger partial charge in [0.2, 0.25) is 0 Å². The molecule has 7 heteroatoms. The molecular weight excluding hydrogens is 427 g/mol. The zero-order valence-corrected chi connectivity index (χ0v) is 17.2. The van der Waals surface area contributed by atoms with Crippen LogP contribution in [0.1, 0.15) is 43.0 Å². The Bertz CT molecular complexity index is 661. The third-order valence-electron chi connectivity index (χ3n) is 4.78. The van der Waals surface area contributed by atoms with E-state index in [2.05, 4.69) is 56.0 Å². The average Bonchev–Trinajstić information content (AvgIpc) is 3.05. The molecule has 0 spiro atoms. The summed E-state index contributed by atoms with van der Waals surface area (Å²) in [4.78, 5) is 8.54. The van der Waals surface area contributed by atoms with Crippen LogP contribution in [0.3, 0.4) is 0 Å². The molecule has 0 bridgehead atoms. The minimum absolute atomic E-state index is 0. The Morgan fingerprint density at radius 3 is 2.52 bits per heavy atom. The van der Waals surface area contributed by atoms with Crippen LogP contribution in [-0.4, -0.2) is 33.8 Å². The van der Waals surface area contributed by atoms with Gasteiger partial charge in [0.15, 0.2) is 5.96 Å². The van der Waals surface area contributed by atoms with Crippen molar-refractivity contribution in [2.75, 3.05) is 7.05 Å². The molecule has 2 aromatic rings. The van der Waals surface area contributed by atoms with Crippen LogP contribution in [0.2, 0.25) is 0 Å². The fraction of sp³-hybridized carbons (Fsp3) is 0.500. The van der Waals surface area contributed by atoms with E-state index in [1.165, 1.54) is 31.2 Å². The number of aromatic nitrogens is 3. The van der Waals surface area contributed by atoms with Crippen molar-refractivity contribution in [3.8, 4) is 0 Å². The second kappa shape index (κ2) is 9.74. The highest BCUT2D eigenvalue weighted by molar-refractivity contribution is 14.0. The van der Waals surface area contributed by atoms with E-state index >= 15 is 0 Å². The van der Waals surface area contributed by atoms with Gasteiger partial charge in [-0.15, -0.1) is 24.0 Å². The lowest BCUT2D eigenvalue weighted by molar-refractivity contribution is 0.371. The second-order valence-corrected chi connectivity index (χ2v) is 6.33. The van der Waals surface area contributed by atoms with E-state index in [0.717, 1.165) is 11.8 Å². The Hall–Kier alpha value is -1.64. The summed E-state index contributed by atoms with van der Waals surface area (Å²) in [6.45, 7) is 0.621. The fourth-order valence-electron chi connectivity index (χ4n) is 3.33. The van der Waals surface area contributed by atoms with Crippen molar-refractivity contribution >= 4 is 29.9 Å². The van der Waals surface area contributed by atoms with Gasteiger partial charge in [-0.1, -0.05) is 30.3 Å². The summed E-state index contributed by atoms with van der Waals surface area (Å²) in [5.74, 6) is 2.42. The highest BCUT2D eigenvalue weighted by atomic mass is 127. The van der Waals surface area contributed by atoms with Crippen LogP contribution < -0.4 is 10.6 Å². The van der Waals surface area contributed by atoms with Crippen molar-refractivity contribution < 1.29 is 0 Å². The molecule has 136 valence electrons. The van der Waals surface area contributed by atoms with Gasteiger partial charge in [0.25, 0.3) is 0 Å². The summed E-state index contributed by atoms with van der Waals surface area (Å²) in [6.07, 6.45) is 6.36. The number of nitrogens with zero attached hydrogens (tertiary/aromatic N) is 4. The molecule has 0 atom stereocenters. The van der Waals surface area contributed by atoms with Gasteiger partial charge in [-0.05, 0) is 37.2 Å². The van der Waals surface area contributed by atoms with Crippen LogP contribution in [-0.2, 0) is 13.6 Å². The van der Waals surface area contributed by atoms with Crippen LogP contribution in [0, 0.1) is 0 Å². The molecule has 1 saturated carbocycles. The standard InChI is InChI=1S/C18H26N6.HI/c1-19-18(20-12-17-21-13-22-24(17)2)23-16-10-8-15(9-11-16)14-6-4-3-5-7-14;/h3-7,13,15-16H,8-12H2,1-2H3,(H2,19,20,23);1H. The molecule has 0 aliphatic heterocycles. The summed E-state index contributed by atoms with van der Waals surface area (Å²) in [5.41, 5.74) is 1.47. The van der Waals surface area contributed by atoms with Gasteiger partial charge >= 0.3 is 0 Å². The number of hydrogen-bond donors (Lipinski definition) is 2. The van der Waals surface area contributed by atoms with Gasteiger partial charge in [0.05, 0.1) is 6.54 Å². The van der Waals surface area contributed by atoms with Gasteiger partial charge in [0, 0.05) is 20.1 Å². The monoisotopic (exact) mass is 454 g/mol. The van der Waals surface area contributed by atoms with E-state index in [0.29, 0.717) is 18.5 Å². The first-order valence-corrected chi connectivity index (χ1v) is 8.61. The van der Waals surface area contributed by atoms with Crippen molar-refractivity contribution in [2.45, 2.75) is 44.2 Å². The lowest BCUT2D eigenvalue weighted by Gasteiger charge is -2.30. The Morgan fingerprint density at radius 2 is 1.92 bits per heavy atom. The first-order valence-electron chi connectivity index (χ1n) is 8.61. The molecule has 1 aromatic heterocycles. The van der Waals surface area contributed by atoms with Crippen LogP contribution in [0.4, 0.5) is 0 Å². The predicted octanol–water partition coefficient (Wildman–Crippen LogP) is 2.82. The largest absolute Gasteiger partial charge is 0.354 e. The minimum atomic E-state index is 0. The maximum absolute atomic E-state index is 4.33. The summed E-state index contributed by atoms with van der Waals surface area (Å²) in [6, 6.07) is 11.3. The van der Waals surface area contributed by atoms with Gasteiger partial charge in [-0.2, -0.15) is 5.10 Å². The smallest absolute Gasteiger partial charge is 0.191 e. The maximum Gasteiger partial charge on any atom is 0.191 e. The zero-order valence-electron chi connectivity index (χ0n) is 14.9. The maximum atomic E-state index is 4.33. The molecule has 1 aliphatic carbocycles. The Labute approximate surface area is 166 Å². The summed E-state index contributed by atoms with van der Waals surface area (Å²) < 4.78 is 1.77. The zero-order chi connectivity index (χ0) is 16.8. The molecule has 0 radical (unpaired) electrons. The third kappa shape index (κ3) is 5.42. The van der Waals surface area contributed by atoms with Gasteiger partial charge < -0.3 is 10.6 Å². The minimum Gasteiger partial charge on any atom is -0.354 e. The number of nitrogens with one attached hydrogen (secondary N) is 2. The van der Waals surface area contributed by atoms with Crippen molar-refractivity contribution in [1.29, 1.82) is 0 Å². The van der Waals surface area contributed by atoms with Gasteiger partial charge in [0.1, 0.15) is 12.2 Å². The Morgan fingerprint density at radius 1 is 1.20 bits per heavy atom. The normalized spacial score (nSPS) is 20.6. The topological polar surface area (TPSA) is 67.1 Å². The number of benzene rings is 1. The van der Waals surface area contributed by atoms with E-state index in [4.69, 9.17) is 0 Å². The highest BCUT2D eigenvalue weighted by Crippen LogP contribution is 2.32. The van der Waals surface area contributed by atoms with Gasteiger partial charge in [-0.3, -0.25) is 9.67 Å². The highest BCUT2D eigenvalue weighted by Gasteiger charge is 2.22. The molecule has 0 saturated heterocycles. The number of hydrogen-bond acceptors (Lipinski definition) is 3. The fourth-order valence-corrected chi connectivity index (χ4v) is 3.33. The number of aryl methyl sites for hydroxylation is 1. The Balaban J connectivity index is 0.00000225. The van der Waals surface area contributed by atoms with E-state index in [-0.39, 0.29) is 24.0 Å². The van der Waals surface area contributed by atoms with Gasteiger partial charge in [-0.25, -0.2) is 4.98 Å². The molecule has 6 nitrogen and oxygen atoms in total. The quantitative estimate of drug-likeness (QED) is 0.424. The lowest BCUT2D eigenvalue weighted by Crippen LogP contribution is -2.44. The number of rotatable bonds is 4. The molecule has 1 fully saturated rings. The molecule has 25 heavy (non-hydrogen) atoms. The lowest BCUT2D eigenvalue weighted by atomic mass is 9.82. The summed E-state index contributed by atoms with van der Waals surface area (Å²) >= 11 is 0. The van der Waals surface area contributed by atoms with Crippen LogP contribution >= 0.6 is 24.0 Å². The second-order valence-electron chi connectivity index (χ2n) is 6.33. The molecule has 2 N–H and O–H groups in total. The number of aliphatic imine (C=N–C) groups is 1. The van der Waals surface area contributed by atoms with E-state index in [9.17, 15) is 0 Å². The van der Waals surface area contributed by atoms with Crippen LogP contribution in [0.25, 0.3) is 0 Å². The first kappa shape index (κ1) is 19.7. The van der Waals surface area contributed by atoms with Crippen LogP contribution in [0.5, 0.6) is 0 Å². The SMILES string of the molecule is CN=C(NCc1ncnn1C)NC1CCC(c2ccccc2)CC1.I. The van der Waals surface area contributed by atoms with Crippen molar-refractivity contribution in [3.63, 3.8) is 0 Å². The third-order valence-corrected chi connectivity index (χ3v) is 4.78. The first-order chi connectivity index (χ1) is 11.8. The van der Waals surface area contributed by atoms with Crippen molar-refractivity contribution in [2.24, 2.45) is 12.0 Å². The van der Waals surface area contributed by atoms with E-state index in [1.807, 2.05) is 14.1 Å². The molecule has 0 unspecified atom stereocenters. The van der Waals surface area contributed by atoms with E-state index < -0.39 is 0 Å². The van der Waals surface area contributed by atoms with Crippen LogP contribution in [0.15, 0.2) is 41.7 Å². The molecule has 1 heterocycles. The molecule has 1 aromatic carbocycles. The molecule has 1 aliphatic rings. The molecule has 0 amide bonds. The Kier molecular flexibility index (Phi) is 7.67. The van der Waals surface area contributed by atoms with Crippen molar-refractivity contribution in [1.82, 2.24) is 25.4 Å². The summed E-state index contributed by atoms with van der Waals surface area (Å²) in [7, 11) is 3.70.